The van der Waals surface area contributed by atoms with Crippen molar-refractivity contribution in [2.45, 2.75) is 12.8 Å². The fourth-order valence-corrected chi connectivity index (χ4v) is 3.30. The summed E-state index contributed by atoms with van der Waals surface area (Å²) in [6.45, 7) is 3.08. The molecule has 21 heavy (non-hydrogen) atoms. The third kappa shape index (κ3) is 2.44. The van der Waals surface area contributed by atoms with Crippen LogP contribution in [0.5, 0.6) is 0 Å². The van der Waals surface area contributed by atoms with Gasteiger partial charge >= 0.3 is 0 Å². The van der Waals surface area contributed by atoms with Crippen LogP contribution in [-0.4, -0.2) is 61.5 Å². The molecule has 3 heterocycles. The molecule has 0 radical (unpaired) electrons. The van der Waals surface area contributed by atoms with Crippen molar-refractivity contribution in [3.8, 4) is 0 Å². The molecular formula is C15H20N2O4. The zero-order valence-corrected chi connectivity index (χ0v) is 12.2. The Kier molecular flexibility index (Phi) is 3.71. The molecule has 1 unspecified atom stereocenters. The van der Waals surface area contributed by atoms with Crippen molar-refractivity contribution in [2.75, 3.05) is 39.9 Å². The van der Waals surface area contributed by atoms with Crippen LogP contribution in [0.15, 0.2) is 22.8 Å². The van der Waals surface area contributed by atoms with Crippen molar-refractivity contribution in [1.82, 2.24) is 9.80 Å². The second-order valence-electron chi connectivity index (χ2n) is 5.81. The number of ether oxygens (including phenoxy) is 1. The summed E-state index contributed by atoms with van der Waals surface area (Å²) >= 11 is 0. The highest BCUT2D eigenvalue weighted by Crippen LogP contribution is 2.40. The second kappa shape index (κ2) is 5.52. The van der Waals surface area contributed by atoms with E-state index in [1.807, 2.05) is 4.90 Å². The maximum absolute atomic E-state index is 12.4. The summed E-state index contributed by atoms with van der Waals surface area (Å²) in [7, 11) is 1.63. The Morgan fingerprint density at radius 1 is 1.48 bits per heavy atom. The fourth-order valence-electron chi connectivity index (χ4n) is 3.30. The van der Waals surface area contributed by atoms with Gasteiger partial charge in [-0.05, 0) is 25.0 Å². The average Bonchev–Trinajstić information content (AvgIpc) is 3.05. The zero-order valence-electron chi connectivity index (χ0n) is 12.2. The number of β-lactam (4-membered cyclic amide) rings is 1. The highest BCUT2D eigenvalue weighted by Gasteiger charge is 2.54. The van der Waals surface area contributed by atoms with Crippen molar-refractivity contribution in [2.24, 2.45) is 5.41 Å². The monoisotopic (exact) mass is 292 g/mol. The first-order valence-electron chi connectivity index (χ1n) is 7.27. The molecule has 2 saturated heterocycles. The molecule has 3 rings (SSSR count). The van der Waals surface area contributed by atoms with Crippen LogP contribution < -0.4 is 0 Å². The number of furan rings is 1. The molecule has 1 aromatic rings. The van der Waals surface area contributed by atoms with Crippen LogP contribution in [0.3, 0.4) is 0 Å². The number of nitrogens with zero attached hydrogens (tertiary/aromatic N) is 2. The molecule has 1 aromatic heterocycles. The van der Waals surface area contributed by atoms with E-state index in [1.54, 1.807) is 24.1 Å². The minimum atomic E-state index is -0.381. The van der Waals surface area contributed by atoms with Gasteiger partial charge in [0.1, 0.15) is 0 Å². The number of rotatable bonds is 4. The van der Waals surface area contributed by atoms with Crippen molar-refractivity contribution in [1.29, 1.82) is 0 Å². The van der Waals surface area contributed by atoms with E-state index in [2.05, 4.69) is 0 Å². The smallest absolute Gasteiger partial charge is 0.289 e. The lowest BCUT2D eigenvalue weighted by molar-refractivity contribution is -0.165. The average molecular weight is 292 g/mol. The van der Waals surface area contributed by atoms with Crippen molar-refractivity contribution >= 4 is 11.8 Å². The predicted octanol–water partition coefficient (Wildman–Crippen LogP) is 0.991. The fraction of sp³-hybridized carbons (Fsp3) is 0.600. The molecule has 2 aliphatic rings. The summed E-state index contributed by atoms with van der Waals surface area (Å²) in [5.74, 6) is 0.369. The van der Waals surface area contributed by atoms with Gasteiger partial charge in [-0.3, -0.25) is 9.59 Å². The van der Waals surface area contributed by atoms with Crippen LogP contribution in [0.2, 0.25) is 0 Å². The largest absolute Gasteiger partial charge is 0.459 e. The summed E-state index contributed by atoms with van der Waals surface area (Å²) in [6.07, 6.45) is 3.21. The molecule has 6 heteroatoms. The normalized spacial score (nSPS) is 25.3. The van der Waals surface area contributed by atoms with Gasteiger partial charge in [-0.1, -0.05) is 0 Å². The van der Waals surface area contributed by atoms with Gasteiger partial charge in [-0.2, -0.15) is 0 Å². The minimum Gasteiger partial charge on any atom is -0.459 e. The molecule has 0 N–H and O–H groups in total. The van der Waals surface area contributed by atoms with Crippen molar-refractivity contribution < 1.29 is 18.7 Å². The Bertz CT molecular complexity index is 528. The molecule has 6 nitrogen and oxygen atoms in total. The number of piperidine rings is 1. The number of methoxy groups -OCH3 is 1. The lowest BCUT2D eigenvalue weighted by Crippen LogP contribution is -2.67. The number of carbonyl (C=O) groups excluding carboxylic acids is 2. The quantitative estimate of drug-likeness (QED) is 0.776. The number of amides is 2. The second-order valence-corrected chi connectivity index (χ2v) is 5.81. The first kappa shape index (κ1) is 14.1. The molecule has 114 valence electrons. The van der Waals surface area contributed by atoms with E-state index < -0.39 is 0 Å². The van der Waals surface area contributed by atoms with Crippen molar-refractivity contribution in [3.05, 3.63) is 24.2 Å². The standard InChI is InChI=1S/C15H20N2O4/c1-20-9-7-17-11-15(14(17)19)5-3-6-16(10-15)13(18)12-4-2-8-21-12/h2,4,8H,3,5-7,9-11H2,1H3. The topological polar surface area (TPSA) is 63.0 Å². The highest BCUT2D eigenvalue weighted by atomic mass is 16.5. The lowest BCUT2D eigenvalue weighted by Gasteiger charge is -2.53. The van der Waals surface area contributed by atoms with Gasteiger partial charge in [0.05, 0.1) is 18.3 Å². The highest BCUT2D eigenvalue weighted by molar-refractivity contribution is 5.94. The Morgan fingerprint density at radius 3 is 3.00 bits per heavy atom. The third-order valence-corrected chi connectivity index (χ3v) is 4.40. The van der Waals surface area contributed by atoms with E-state index >= 15 is 0 Å². The van der Waals surface area contributed by atoms with Crippen LogP contribution in [0.1, 0.15) is 23.4 Å². The SMILES string of the molecule is COCCN1CC2(CCCN(C(=O)c3ccco3)C2)C1=O. The third-order valence-electron chi connectivity index (χ3n) is 4.40. The molecule has 1 spiro atoms. The summed E-state index contributed by atoms with van der Waals surface area (Å²) in [5.41, 5.74) is -0.381. The van der Waals surface area contributed by atoms with Crippen LogP contribution >= 0.6 is 0 Å². The Labute approximate surface area is 123 Å². The van der Waals surface area contributed by atoms with E-state index in [0.717, 1.165) is 19.4 Å². The number of hydrogen-bond donors (Lipinski definition) is 0. The molecule has 2 fully saturated rings. The molecule has 0 aliphatic carbocycles. The first-order chi connectivity index (χ1) is 10.2. The molecule has 2 aliphatic heterocycles. The van der Waals surface area contributed by atoms with Gasteiger partial charge in [0.15, 0.2) is 5.76 Å². The maximum atomic E-state index is 12.4. The molecule has 2 amide bonds. The lowest BCUT2D eigenvalue weighted by atomic mass is 9.72. The van der Waals surface area contributed by atoms with Crippen LogP contribution in [-0.2, 0) is 9.53 Å². The van der Waals surface area contributed by atoms with E-state index in [9.17, 15) is 9.59 Å². The Morgan fingerprint density at radius 2 is 2.33 bits per heavy atom. The Balaban J connectivity index is 1.64. The van der Waals surface area contributed by atoms with Crippen molar-refractivity contribution in [3.63, 3.8) is 0 Å². The number of hydrogen-bond acceptors (Lipinski definition) is 4. The Hall–Kier alpha value is -1.82. The zero-order chi connectivity index (χ0) is 14.9. The van der Waals surface area contributed by atoms with Gasteiger partial charge in [0, 0.05) is 33.3 Å². The van der Waals surface area contributed by atoms with Crippen LogP contribution in [0.4, 0.5) is 0 Å². The first-order valence-corrected chi connectivity index (χ1v) is 7.27. The van der Waals surface area contributed by atoms with E-state index in [-0.39, 0.29) is 17.2 Å². The number of likely N-dealkylation sites (tertiary alicyclic amines) is 2. The molecule has 0 bridgehead atoms. The molecule has 0 aromatic carbocycles. The summed E-state index contributed by atoms with van der Waals surface area (Å²) < 4.78 is 10.2. The van der Waals surface area contributed by atoms with Crippen LogP contribution in [0, 0.1) is 5.41 Å². The van der Waals surface area contributed by atoms with Gasteiger partial charge in [0.25, 0.3) is 5.91 Å². The summed E-state index contributed by atoms with van der Waals surface area (Å²) in [4.78, 5) is 28.3. The molecule has 0 saturated carbocycles. The maximum Gasteiger partial charge on any atom is 0.289 e. The van der Waals surface area contributed by atoms with Gasteiger partial charge in [0.2, 0.25) is 5.91 Å². The van der Waals surface area contributed by atoms with Gasteiger partial charge in [-0.15, -0.1) is 0 Å². The molecule has 1 atom stereocenters. The van der Waals surface area contributed by atoms with Gasteiger partial charge in [-0.25, -0.2) is 0 Å². The predicted molar refractivity (Wildman–Crippen MR) is 74.7 cm³/mol. The van der Waals surface area contributed by atoms with E-state index in [4.69, 9.17) is 9.15 Å². The number of carbonyl (C=O) groups is 2. The van der Waals surface area contributed by atoms with Gasteiger partial charge < -0.3 is 19.0 Å². The summed E-state index contributed by atoms with van der Waals surface area (Å²) in [6, 6.07) is 3.37. The molecular weight excluding hydrogens is 272 g/mol. The van der Waals surface area contributed by atoms with Crippen LogP contribution in [0.25, 0.3) is 0 Å². The minimum absolute atomic E-state index is 0.123. The summed E-state index contributed by atoms with van der Waals surface area (Å²) in [5, 5.41) is 0. The van der Waals surface area contributed by atoms with E-state index in [1.165, 1.54) is 6.26 Å². The van der Waals surface area contributed by atoms with E-state index in [0.29, 0.717) is 32.0 Å².